The van der Waals surface area contributed by atoms with E-state index in [1.165, 1.54) is 19.1 Å². The lowest BCUT2D eigenvalue weighted by Crippen LogP contribution is -2.12. The quantitative estimate of drug-likeness (QED) is 0.802. The first-order chi connectivity index (χ1) is 9.56. The van der Waals surface area contributed by atoms with Gasteiger partial charge in [-0.25, -0.2) is 0 Å². The summed E-state index contributed by atoms with van der Waals surface area (Å²) >= 11 is 0. The van der Waals surface area contributed by atoms with Crippen molar-refractivity contribution in [1.29, 1.82) is 0 Å². The normalized spacial score (nSPS) is 9.85. The molecular formula is C15H14N2O3. The van der Waals surface area contributed by atoms with E-state index in [2.05, 4.69) is 10.6 Å². The summed E-state index contributed by atoms with van der Waals surface area (Å²) in [7, 11) is 0. The average molecular weight is 270 g/mol. The Morgan fingerprint density at radius 3 is 2.25 bits per heavy atom. The van der Waals surface area contributed by atoms with Gasteiger partial charge in [-0.05, 0) is 24.3 Å². The third-order valence-corrected chi connectivity index (χ3v) is 2.59. The largest absolute Gasteiger partial charge is 0.507 e. The number of rotatable bonds is 3. The number of carbonyl (C=O) groups is 2. The van der Waals surface area contributed by atoms with E-state index in [1.807, 2.05) is 6.07 Å². The molecule has 0 aliphatic heterocycles. The number of amides is 2. The molecule has 0 unspecified atom stereocenters. The van der Waals surface area contributed by atoms with E-state index in [0.717, 1.165) is 0 Å². The second-order valence-electron chi connectivity index (χ2n) is 4.23. The zero-order valence-electron chi connectivity index (χ0n) is 10.9. The second-order valence-corrected chi connectivity index (χ2v) is 4.23. The summed E-state index contributed by atoms with van der Waals surface area (Å²) < 4.78 is 0. The molecule has 20 heavy (non-hydrogen) atoms. The Balaban J connectivity index is 2.16. The minimum atomic E-state index is -0.414. The number of aromatic hydroxyl groups is 1. The van der Waals surface area contributed by atoms with Crippen LogP contribution in [0, 0.1) is 0 Å². The molecule has 5 heteroatoms. The van der Waals surface area contributed by atoms with Gasteiger partial charge in [0.05, 0.1) is 5.56 Å². The first-order valence-electron chi connectivity index (χ1n) is 6.03. The summed E-state index contributed by atoms with van der Waals surface area (Å²) in [6.07, 6.45) is 0. The lowest BCUT2D eigenvalue weighted by molar-refractivity contribution is -0.114. The van der Waals surface area contributed by atoms with Crippen LogP contribution in [-0.4, -0.2) is 16.9 Å². The van der Waals surface area contributed by atoms with Crippen LogP contribution in [0.2, 0.25) is 0 Å². The standard InChI is InChI=1S/C15H14N2O3/c1-10(18)16-12-7-8-13(14(19)9-12)15(20)17-11-5-3-2-4-6-11/h2-9,19H,1H3,(H,16,18)(H,17,20). The van der Waals surface area contributed by atoms with Crippen molar-refractivity contribution >= 4 is 23.2 Å². The van der Waals surface area contributed by atoms with Crippen molar-refractivity contribution in [1.82, 2.24) is 0 Å². The molecule has 0 spiro atoms. The number of para-hydroxylation sites is 1. The van der Waals surface area contributed by atoms with Crippen LogP contribution in [0.4, 0.5) is 11.4 Å². The van der Waals surface area contributed by atoms with Crippen molar-refractivity contribution in [2.75, 3.05) is 10.6 Å². The highest BCUT2D eigenvalue weighted by molar-refractivity contribution is 6.06. The lowest BCUT2D eigenvalue weighted by Gasteiger charge is -2.08. The molecule has 0 aromatic heterocycles. The molecule has 2 amide bonds. The number of benzene rings is 2. The maximum Gasteiger partial charge on any atom is 0.259 e. The molecule has 0 fully saturated rings. The summed E-state index contributed by atoms with van der Waals surface area (Å²) in [6, 6.07) is 13.3. The van der Waals surface area contributed by atoms with Gasteiger partial charge in [0.1, 0.15) is 5.75 Å². The topological polar surface area (TPSA) is 78.4 Å². The second kappa shape index (κ2) is 5.88. The average Bonchev–Trinajstić information content (AvgIpc) is 2.39. The molecule has 2 aromatic carbocycles. The zero-order valence-corrected chi connectivity index (χ0v) is 10.9. The summed E-state index contributed by atoms with van der Waals surface area (Å²) in [5.41, 5.74) is 1.22. The minimum absolute atomic E-state index is 0.142. The van der Waals surface area contributed by atoms with Crippen molar-refractivity contribution in [3.05, 3.63) is 54.1 Å². The summed E-state index contributed by atoms with van der Waals surface area (Å²) in [6.45, 7) is 1.37. The molecule has 0 atom stereocenters. The van der Waals surface area contributed by atoms with Crippen LogP contribution in [0.5, 0.6) is 5.75 Å². The predicted molar refractivity (Wildman–Crippen MR) is 76.8 cm³/mol. The van der Waals surface area contributed by atoms with Crippen LogP contribution in [0.25, 0.3) is 0 Å². The van der Waals surface area contributed by atoms with E-state index < -0.39 is 5.91 Å². The Bertz CT molecular complexity index is 639. The molecule has 0 radical (unpaired) electrons. The van der Waals surface area contributed by atoms with Gasteiger partial charge in [-0.15, -0.1) is 0 Å². The minimum Gasteiger partial charge on any atom is -0.507 e. The Morgan fingerprint density at radius 2 is 1.65 bits per heavy atom. The van der Waals surface area contributed by atoms with E-state index in [1.54, 1.807) is 30.3 Å². The van der Waals surface area contributed by atoms with Gasteiger partial charge in [0.15, 0.2) is 0 Å². The van der Waals surface area contributed by atoms with Crippen LogP contribution in [0.15, 0.2) is 48.5 Å². The molecule has 3 N–H and O–H groups in total. The van der Waals surface area contributed by atoms with Gasteiger partial charge in [0, 0.05) is 24.4 Å². The van der Waals surface area contributed by atoms with Gasteiger partial charge in [-0.2, -0.15) is 0 Å². The molecule has 0 heterocycles. The first kappa shape index (κ1) is 13.6. The van der Waals surface area contributed by atoms with Crippen LogP contribution in [-0.2, 0) is 4.79 Å². The molecule has 2 rings (SSSR count). The number of carbonyl (C=O) groups excluding carboxylic acids is 2. The highest BCUT2D eigenvalue weighted by Gasteiger charge is 2.12. The fourth-order valence-electron chi connectivity index (χ4n) is 1.72. The molecular weight excluding hydrogens is 256 g/mol. The summed E-state index contributed by atoms with van der Waals surface area (Å²) in [4.78, 5) is 22.9. The van der Waals surface area contributed by atoms with E-state index in [9.17, 15) is 14.7 Å². The van der Waals surface area contributed by atoms with Gasteiger partial charge in [-0.1, -0.05) is 18.2 Å². The Kier molecular flexibility index (Phi) is 4.00. The molecule has 102 valence electrons. The molecule has 0 aliphatic carbocycles. The van der Waals surface area contributed by atoms with E-state index in [0.29, 0.717) is 11.4 Å². The Morgan fingerprint density at radius 1 is 0.950 bits per heavy atom. The molecule has 2 aromatic rings. The van der Waals surface area contributed by atoms with E-state index in [4.69, 9.17) is 0 Å². The maximum atomic E-state index is 12.0. The van der Waals surface area contributed by atoms with E-state index in [-0.39, 0.29) is 17.2 Å². The first-order valence-corrected chi connectivity index (χ1v) is 6.03. The number of hydrogen-bond donors (Lipinski definition) is 3. The van der Waals surface area contributed by atoms with Crippen molar-refractivity contribution in [2.45, 2.75) is 6.92 Å². The van der Waals surface area contributed by atoms with Crippen LogP contribution in [0.3, 0.4) is 0 Å². The molecule has 0 bridgehead atoms. The smallest absolute Gasteiger partial charge is 0.259 e. The van der Waals surface area contributed by atoms with Crippen LogP contribution in [0.1, 0.15) is 17.3 Å². The highest BCUT2D eigenvalue weighted by atomic mass is 16.3. The van der Waals surface area contributed by atoms with Crippen LogP contribution >= 0.6 is 0 Å². The third kappa shape index (κ3) is 3.35. The summed E-state index contributed by atoms with van der Waals surface area (Å²) in [5.74, 6) is -0.848. The van der Waals surface area contributed by atoms with Gasteiger partial charge in [0.25, 0.3) is 5.91 Å². The monoisotopic (exact) mass is 270 g/mol. The van der Waals surface area contributed by atoms with Crippen molar-refractivity contribution < 1.29 is 14.7 Å². The third-order valence-electron chi connectivity index (χ3n) is 2.59. The number of nitrogens with one attached hydrogen (secondary N) is 2. The Labute approximate surface area is 116 Å². The number of phenols is 1. The number of hydrogen-bond acceptors (Lipinski definition) is 3. The fraction of sp³-hybridized carbons (Fsp3) is 0.0667. The van der Waals surface area contributed by atoms with Crippen molar-refractivity contribution in [3.8, 4) is 5.75 Å². The van der Waals surface area contributed by atoms with Gasteiger partial charge < -0.3 is 15.7 Å². The van der Waals surface area contributed by atoms with Gasteiger partial charge in [0.2, 0.25) is 5.91 Å². The number of phenolic OH excluding ortho intramolecular Hbond substituents is 1. The molecule has 0 aliphatic rings. The highest BCUT2D eigenvalue weighted by Crippen LogP contribution is 2.23. The lowest BCUT2D eigenvalue weighted by atomic mass is 10.1. The number of anilines is 2. The summed E-state index contributed by atoms with van der Waals surface area (Å²) in [5, 5.41) is 15.0. The van der Waals surface area contributed by atoms with E-state index >= 15 is 0 Å². The zero-order chi connectivity index (χ0) is 14.5. The van der Waals surface area contributed by atoms with Crippen molar-refractivity contribution in [2.24, 2.45) is 0 Å². The maximum absolute atomic E-state index is 12.0. The van der Waals surface area contributed by atoms with Crippen LogP contribution < -0.4 is 10.6 Å². The molecule has 0 saturated heterocycles. The molecule has 0 saturated carbocycles. The predicted octanol–water partition coefficient (Wildman–Crippen LogP) is 2.60. The van der Waals surface area contributed by atoms with Gasteiger partial charge >= 0.3 is 0 Å². The van der Waals surface area contributed by atoms with Gasteiger partial charge in [-0.3, -0.25) is 9.59 Å². The Hall–Kier alpha value is -2.82. The SMILES string of the molecule is CC(=O)Nc1ccc(C(=O)Nc2ccccc2)c(O)c1. The molecule has 5 nitrogen and oxygen atoms in total. The fourth-order valence-corrected chi connectivity index (χ4v) is 1.72. The van der Waals surface area contributed by atoms with Crippen molar-refractivity contribution in [3.63, 3.8) is 0 Å².